The third kappa shape index (κ3) is 5.59. The Hall–Kier alpha value is -2.41. The van der Waals surface area contributed by atoms with Crippen molar-refractivity contribution in [3.63, 3.8) is 0 Å². The summed E-state index contributed by atoms with van der Waals surface area (Å²) in [5, 5.41) is 21.0. The molecule has 2 N–H and O–H groups in total. The highest BCUT2D eigenvalue weighted by atomic mass is 16.5. The van der Waals surface area contributed by atoms with Crippen LogP contribution in [0.3, 0.4) is 0 Å². The minimum Gasteiger partial charge on any atom is -0.508 e. The average molecular weight is 421 g/mol. The summed E-state index contributed by atoms with van der Waals surface area (Å²) < 4.78 is 10.7. The number of hydrogen-bond acceptors (Lipinski definition) is 7. The molecule has 0 unspecified atom stereocenters. The van der Waals surface area contributed by atoms with Crippen LogP contribution in [0.2, 0.25) is 0 Å². The lowest BCUT2D eigenvalue weighted by Gasteiger charge is -2.43. The summed E-state index contributed by atoms with van der Waals surface area (Å²) in [7, 11) is 0. The molecule has 7 nitrogen and oxygen atoms in total. The highest BCUT2D eigenvalue weighted by molar-refractivity contribution is 6.02. The Morgan fingerprint density at radius 2 is 1.67 bits per heavy atom. The fourth-order valence-electron chi connectivity index (χ4n) is 3.82. The van der Waals surface area contributed by atoms with Crippen LogP contribution in [0.15, 0.2) is 24.3 Å². The number of phenols is 1. The van der Waals surface area contributed by atoms with E-state index in [1.165, 1.54) is 19.1 Å². The first kappa shape index (κ1) is 23.9. The summed E-state index contributed by atoms with van der Waals surface area (Å²) in [4.78, 5) is 38.8. The van der Waals surface area contributed by atoms with Crippen molar-refractivity contribution in [2.24, 2.45) is 23.7 Å². The third-order valence-corrected chi connectivity index (χ3v) is 5.15. The molecule has 0 aromatic heterocycles. The monoisotopic (exact) mass is 420 g/mol. The van der Waals surface area contributed by atoms with Gasteiger partial charge in [-0.25, -0.2) is 0 Å². The van der Waals surface area contributed by atoms with Gasteiger partial charge in [0.25, 0.3) is 0 Å². The minimum atomic E-state index is -1.71. The summed E-state index contributed by atoms with van der Waals surface area (Å²) in [6, 6.07) is 6.02. The van der Waals surface area contributed by atoms with Crippen LogP contribution in [0.4, 0.5) is 0 Å². The molecule has 30 heavy (non-hydrogen) atoms. The number of ether oxygens (including phenoxy) is 2. The molecular weight excluding hydrogens is 388 g/mol. The Morgan fingerprint density at radius 1 is 1.10 bits per heavy atom. The van der Waals surface area contributed by atoms with Gasteiger partial charge in [-0.1, -0.05) is 39.8 Å². The zero-order valence-electron chi connectivity index (χ0n) is 18.3. The molecule has 0 spiro atoms. The van der Waals surface area contributed by atoms with Gasteiger partial charge in [0.2, 0.25) is 0 Å². The molecule has 2 rings (SSSR count). The van der Waals surface area contributed by atoms with Gasteiger partial charge < -0.3 is 19.7 Å². The lowest BCUT2D eigenvalue weighted by atomic mass is 9.61. The lowest BCUT2D eigenvalue weighted by Crippen LogP contribution is -2.55. The van der Waals surface area contributed by atoms with Gasteiger partial charge in [0.15, 0.2) is 5.78 Å². The van der Waals surface area contributed by atoms with E-state index in [-0.39, 0.29) is 37.2 Å². The average Bonchev–Trinajstić information content (AvgIpc) is 2.62. The zero-order valence-corrected chi connectivity index (χ0v) is 18.3. The van der Waals surface area contributed by atoms with E-state index in [2.05, 4.69) is 0 Å². The second-order valence-electron chi connectivity index (χ2n) is 9.12. The van der Waals surface area contributed by atoms with Crippen LogP contribution < -0.4 is 0 Å². The molecule has 1 aliphatic carbocycles. The summed E-state index contributed by atoms with van der Waals surface area (Å²) in [6.07, 6.45) is -0.370. The first-order valence-electron chi connectivity index (χ1n) is 10.3. The van der Waals surface area contributed by atoms with E-state index < -0.39 is 41.1 Å². The van der Waals surface area contributed by atoms with Crippen LogP contribution in [0.25, 0.3) is 0 Å². The number of aromatic hydroxyl groups is 1. The van der Waals surface area contributed by atoms with Crippen molar-refractivity contribution in [1.82, 2.24) is 0 Å². The van der Waals surface area contributed by atoms with Crippen molar-refractivity contribution in [2.75, 3.05) is 13.2 Å². The van der Waals surface area contributed by atoms with Crippen molar-refractivity contribution in [3.8, 4) is 5.75 Å². The fourth-order valence-corrected chi connectivity index (χ4v) is 3.82. The van der Waals surface area contributed by atoms with Gasteiger partial charge in [-0.2, -0.15) is 0 Å². The van der Waals surface area contributed by atoms with Gasteiger partial charge in [0.05, 0.1) is 24.7 Å². The van der Waals surface area contributed by atoms with Crippen LogP contribution >= 0.6 is 0 Å². The SMILES string of the molecule is CC(C)COC(=O)[C@H]1C(=O)C[C@](C)(O)[C@H](C(=O)OCC(C)C)[C@@H]1c1cccc(O)c1. The normalized spacial score (nSPS) is 26.7. The molecule has 0 bridgehead atoms. The minimum absolute atomic E-state index is 0.0711. The maximum atomic E-state index is 13.0. The number of benzene rings is 1. The molecule has 7 heteroatoms. The predicted molar refractivity (Wildman–Crippen MR) is 110 cm³/mol. The number of ketones is 1. The molecule has 1 aromatic carbocycles. The van der Waals surface area contributed by atoms with Crippen molar-refractivity contribution < 1.29 is 34.1 Å². The molecule has 1 aliphatic rings. The lowest BCUT2D eigenvalue weighted by molar-refractivity contribution is -0.174. The largest absolute Gasteiger partial charge is 0.508 e. The number of rotatable bonds is 7. The molecule has 0 heterocycles. The number of esters is 2. The molecule has 4 atom stereocenters. The summed E-state index contributed by atoms with van der Waals surface area (Å²) in [5.74, 6) is -5.32. The molecule has 0 aliphatic heterocycles. The smallest absolute Gasteiger partial charge is 0.317 e. The number of hydrogen-bond donors (Lipinski definition) is 2. The molecule has 0 amide bonds. The molecule has 1 saturated carbocycles. The van der Waals surface area contributed by atoms with Crippen LogP contribution in [-0.2, 0) is 23.9 Å². The van der Waals surface area contributed by atoms with E-state index in [0.717, 1.165) is 0 Å². The fraction of sp³-hybridized carbons (Fsp3) is 0.609. The molecule has 0 saturated heterocycles. The van der Waals surface area contributed by atoms with E-state index in [1.807, 2.05) is 27.7 Å². The van der Waals surface area contributed by atoms with Crippen molar-refractivity contribution in [1.29, 1.82) is 0 Å². The highest BCUT2D eigenvalue weighted by Gasteiger charge is 2.57. The Kier molecular flexibility index (Phi) is 7.64. The van der Waals surface area contributed by atoms with E-state index in [4.69, 9.17) is 9.47 Å². The Labute approximate surface area is 177 Å². The van der Waals surface area contributed by atoms with Gasteiger partial charge in [0, 0.05) is 12.3 Å². The second-order valence-corrected chi connectivity index (χ2v) is 9.12. The number of aliphatic hydroxyl groups is 1. The molecule has 1 fully saturated rings. The second kappa shape index (κ2) is 9.60. The van der Waals surface area contributed by atoms with Gasteiger partial charge in [-0.3, -0.25) is 14.4 Å². The zero-order chi connectivity index (χ0) is 22.6. The van der Waals surface area contributed by atoms with Crippen molar-refractivity contribution in [3.05, 3.63) is 29.8 Å². The Balaban J connectivity index is 2.53. The molecular formula is C23H32O7. The van der Waals surface area contributed by atoms with Crippen LogP contribution in [0, 0.1) is 23.7 Å². The van der Waals surface area contributed by atoms with Gasteiger partial charge in [-0.15, -0.1) is 0 Å². The number of phenolic OH excluding ortho intramolecular Hbond substituents is 1. The topological polar surface area (TPSA) is 110 Å². The number of carbonyl (C=O) groups is 3. The first-order chi connectivity index (χ1) is 13.9. The van der Waals surface area contributed by atoms with Crippen LogP contribution in [0.1, 0.15) is 52.5 Å². The quantitative estimate of drug-likeness (QED) is 0.515. The van der Waals surface area contributed by atoms with E-state index >= 15 is 0 Å². The Morgan fingerprint density at radius 3 is 2.20 bits per heavy atom. The Bertz CT molecular complexity index is 782. The van der Waals surface area contributed by atoms with Crippen LogP contribution in [-0.4, -0.2) is 46.7 Å². The van der Waals surface area contributed by atoms with E-state index in [9.17, 15) is 24.6 Å². The predicted octanol–water partition coefficient (Wildman–Crippen LogP) is 2.83. The van der Waals surface area contributed by atoms with Gasteiger partial charge in [0.1, 0.15) is 11.7 Å². The van der Waals surface area contributed by atoms with Crippen LogP contribution in [0.5, 0.6) is 5.75 Å². The first-order valence-corrected chi connectivity index (χ1v) is 10.3. The number of Topliss-reactive ketones (excluding diaryl/α,β-unsaturated/α-hetero) is 1. The van der Waals surface area contributed by atoms with Gasteiger partial charge >= 0.3 is 11.9 Å². The standard InChI is InChI=1S/C23H32O7/c1-13(2)11-29-21(26)19-17(25)10-23(5,28)20(22(27)30-12-14(3)4)18(19)15-7-6-8-16(24)9-15/h6-9,13-14,18-20,24,28H,10-12H2,1-5H3/t18-,19+,20+,23+/m1/s1. The number of carbonyl (C=O) groups excluding carboxylic acids is 3. The molecule has 166 valence electrons. The van der Waals surface area contributed by atoms with E-state index in [1.54, 1.807) is 12.1 Å². The molecule has 0 radical (unpaired) electrons. The van der Waals surface area contributed by atoms with Gasteiger partial charge in [-0.05, 0) is 36.5 Å². The highest BCUT2D eigenvalue weighted by Crippen LogP contribution is 2.47. The third-order valence-electron chi connectivity index (χ3n) is 5.15. The summed E-state index contributed by atoms with van der Waals surface area (Å²) in [5.41, 5.74) is -1.32. The summed E-state index contributed by atoms with van der Waals surface area (Å²) >= 11 is 0. The van der Waals surface area contributed by atoms with E-state index in [0.29, 0.717) is 5.56 Å². The maximum Gasteiger partial charge on any atom is 0.317 e. The molecule has 1 aromatic rings. The summed E-state index contributed by atoms with van der Waals surface area (Å²) in [6.45, 7) is 9.20. The van der Waals surface area contributed by atoms with Crippen molar-refractivity contribution in [2.45, 2.75) is 52.6 Å². The van der Waals surface area contributed by atoms with Crippen molar-refractivity contribution >= 4 is 17.7 Å². The maximum absolute atomic E-state index is 13.0.